The van der Waals surface area contributed by atoms with Crippen LogP contribution in [-0.4, -0.2) is 15.7 Å². The molecule has 0 fully saturated rings. The van der Waals surface area contributed by atoms with Crippen molar-refractivity contribution in [3.63, 3.8) is 0 Å². The number of nitro benzene ring substituents is 1. The van der Waals surface area contributed by atoms with Crippen LogP contribution in [0.5, 0.6) is 0 Å². The molecule has 0 bridgehead atoms. The van der Waals surface area contributed by atoms with E-state index in [0.29, 0.717) is 6.42 Å². The van der Waals surface area contributed by atoms with Crippen molar-refractivity contribution in [1.82, 2.24) is 0 Å². The maximum Gasteiger partial charge on any atom is 0.270 e. The van der Waals surface area contributed by atoms with Crippen molar-refractivity contribution in [1.29, 1.82) is 5.26 Å². The number of carbonyl (C=O) groups excluding carboxylic acids is 1. The third-order valence-corrected chi connectivity index (χ3v) is 3.30. The molecule has 94 valence electrons. The fraction of sp³-hybridized carbons (Fsp3) is 0.273. The molecule has 18 heavy (non-hydrogen) atoms. The zero-order chi connectivity index (χ0) is 13.7. The highest BCUT2D eigenvalue weighted by molar-refractivity contribution is 9.10. The van der Waals surface area contributed by atoms with Crippen molar-refractivity contribution >= 4 is 33.2 Å². The Morgan fingerprint density at radius 2 is 2.33 bits per heavy atom. The van der Waals surface area contributed by atoms with Crippen LogP contribution in [0.15, 0.2) is 18.2 Å². The first-order valence-corrected chi connectivity index (χ1v) is 6.04. The van der Waals surface area contributed by atoms with Crippen molar-refractivity contribution in [3.8, 4) is 6.07 Å². The number of non-ortho nitro benzene ring substituents is 1. The topological polar surface area (TPSA) is 96.0 Å². The first kappa shape index (κ1) is 14.1. The molecule has 0 heterocycles. The van der Waals surface area contributed by atoms with Crippen LogP contribution in [0, 0.1) is 21.4 Å². The summed E-state index contributed by atoms with van der Waals surface area (Å²) in [6.07, 6.45) is 0.598. The van der Waals surface area contributed by atoms with E-state index in [1.54, 1.807) is 0 Å². The Bertz CT molecular complexity index is 525. The van der Waals surface area contributed by atoms with Crippen LogP contribution in [0.4, 0.5) is 11.4 Å². The van der Waals surface area contributed by atoms with Crippen LogP contribution >= 0.6 is 15.9 Å². The standard InChI is InChI=1S/C11H10BrN3O3/c1-2-9(12)11(16)14-10-4-3-8(15(17)18)5-7(10)6-13/h3-5,9H,2H2,1H3,(H,14,16). The van der Waals surface area contributed by atoms with Gasteiger partial charge in [0, 0.05) is 12.1 Å². The summed E-state index contributed by atoms with van der Waals surface area (Å²) in [5.74, 6) is -0.289. The highest BCUT2D eigenvalue weighted by atomic mass is 79.9. The van der Waals surface area contributed by atoms with Gasteiger partial charge in [0.05, 0.1) is 21.0 Å². The summed E-state index contributed by atoms with van der Waals surface area (Å²) in [5.41, 5.74) is 0.148. The maximum absolute atomic E-state index is 11.6. The Hall–Kier alpha value is -1.94. The number of hydrogen-bond donors (Lipinski definition) is 1. The first-order chi connectivity index (χ1) is 8.49. The number of nitrogens with zero attached hydrogens (tertiary/aromatic N) is 2. The molecular formula is C11H10BrN3O3. The SMILES string of the molecule is CCC(Br)C(=O)Nc1ccc([N+](=O)[O-])cc1C#N. The Morgan fingerprint density at radius 1 is 1.67 bits per heavy atom. The third-order valence-electron chi connectivity index (χ3n) is 2.24. The molecule has 1 rings (SSSR count). The number of halogens is 1. The molecule has 0 saturated carbocycles. The molecule has 1 amide bonds. The summed E-state index contributed by atoms with van der Waals surface area (Å²) in [5, 5.41) is 22.0. The van der Waals surface area contributed by atoms with Gasteiger partial charge >= 0.3 is 0 Å². The number of carbonyl (C=O) groups is 1. The molecule has 0 aliphatic heterocycles. The highest BCUT2D eigenvalue weighted by Gasteiger charge is 2.16. The van der Waals surface area contributed by atoms with Crippen molar-refractivity contribution < 1.29 is 9.72 Å². The molecule has 0 radical (unpaired) electrons. The number of nitrogens with one attached hydrogen (secondary N) is 1. The van der Waals surface area contributed by atoms with Gasteiger partial charge in [0.1, 0.15) is 6.07 Å². The largest absolute Gasteiger partial charge is 0.324 e. The molecule has 6 nitrogen and oxygen atoms in total. The lowest BCUT2D eigenvalue weighted by molar-refractivity contribution is -0.384. The number of alkyl halides is 1. The zero-order valence-corrected chi connectivity index (χ0v) is 11.1. The van der Waals surface area contributed by atoms with Crippen molar-refractivity contribution in [3.05, 3.63) is 33.9 Å². The maximum atomic E-state index is 11.6. The normalized spacial score (nSPS) is 11.4. The minimum absolute atomic E-state index is 0.0633. The summed E-state index contributed by atoms with van der Waals surface area (Å²) in [4.78, 5) is 21.2. The lowest BCUT2D eigenvalue weighted by atomic mass is 10.1. The minimum atomic E-state index is -0.591. The quantitative estimate of drug-likeness (QED) is 0.525. The second-order valence-electron chi connectivity index (χ2n) is 3.46. The Kier molecular flexibility index (Phi) is 4.80. The van der Waals surface area contributed by atoms with Gasteiger partial charge in [0.25, 0.3) is 5.69 Å². The van der Waals surface area contributed by atoms with Gasteiger partial charge in [0.15, 0.2) is 0 Å². The van der Waals surface area contributed by atoms with E-state index in [9.17, 15) is 14.9 Å². The number of nitro groups is 1. The lowest BCUT2D eigenvalue weighted by Crippen LogP contribution is -2.22. The van der Waals surface area contributed by atoms with Crippen LogP contribution in [0.1, 0.15) is 18.9 Å². The highest BCUT2D eigenvalue weighted by Crippen LogP contribution is 2.22. The van der Waals surface area contributed by atoms with Gasteiger partial charge in [-0.2, -0.15) is 5.26 Å². The number of amides is 1. The van der Waals surface area contributed by atoms with Crippen LogP contribution in [-0.2, 0) is 4.79 Å². The van der Waals surface area contributed by atoms with Gasteiger partial charge in [-0.05, 0) is 12.5 Å². The monoisotopic (exact) mass is 311 g/mol. The van der Waals surface area contributed by atoms with Gasteiger partial charge in [-0.15, -0.1) is 0 Å². The van der Waals surface area contributed by atoms with Crippen LogP contribution in [0.3, 0.4) is 0 Å². The van der Waals surface area contributed by atoms with Gasteiger partial charge < -0.3 is 5.32 Å². The predicted octanol–water partition coefficient (Wildman–Crippen LogP) is 2.58. The van der Waals surface area contributed by atoms with Crippen LogP contribution in [0.25, 0.3) is 0 Å². The van der Waals surface area contributed by atoms with E-state index in [1.165, 1.54) is 12.1 Å². The molecule has 1 atom stereocenters. The molecule has 7 heteroatoms. The number of anilines is 1. The number of benzene rings is 1. The summed E-state index contributed by atoms with van der Waals surface area (Å²) in [6.45, 7) is 1.83. The average Bonchev–Trinajstić information content (AvgIpc) is 2.37. The molecule has 0 spiro atoms. The predicted molar refractivity (Wildman–Crippen MR) is 69.4 cm³/mol. The Labute approximate surface area is 112 Å². The second kappa shape index (κ2) is 6.12. The van der Waals surface area contributed by atoms with Gasteiger partial charge in [-0.25, -0.2) is 0 Å². The van der Waals surface area contributed by atoms with E-state index in [0.717, 1.165) is 6.07 Å². The van der Waals surface area contributed by atoms with Gasteiger partial charge in [0.2, 0.25) is 5.91 Å². The van der Waals surface area contributed by atoms with Crippen molar-refractivity contribution in [2.45, 2.75) is 18.2 Å². The van der Waals surface area contributed by atoms with Gasteiger partial charge in [-0.1, -0.05) is 22.9 Å². The van der Waals surface area contributed by atoms with E-state index in [1.807, 2.05) is 13.0 Å². The van der Waals surface area contributed by atoms with E-state index in [2.05, 4.69) is 21.2 Å². The molecule has 0 aliphatic rings. The molecule has 0 aromatic heterocycles. The summed E-state index contributed by atoms with van der Waals surface area (Å²) < 4.78 is 0. The van der Waals surface area contributed by atoms with E-state index < -0.39 is 4.92 Å². The second-order valence-corrected chi connectivity index (χ2v) is 4.57. The first-order valence-electron chi connectivity index (χ1n) is 5.13. The van der Waals surface area contributed by atoms with Crippen LogP contribution < -0.4 is 5.32 Å². The van der Waals surface area contributed by atoms with Crippen LogP contribution in [0.2, 0.25) is 0 Å². The van der Waals surface area contributed by atoms with Crippen molar-refractivity contribution in [2.24, 2.45) is 0 Å². The Balaban J connectivity index is 3.01. The number of hydrogen-bond acceptors (Lipinski definition) is 4. The fourth-order valence-corrected chi connectivity index (χ4v) is 1.36. The van der Waals surface area contributed by atoms with E-state index >= 15 is 0 Å². The van der Waals surface area contributed by atoms with Gasteiger partial charge in [-0.3, -0.25) is 14.9 Å². The molecule has 1 aromatic rings. The summed E-state index contributed by atoms with van der Waals surface area (Å²) in [7, 11) is 0. The number of nitriles is 1. The third kappa shape index (κ3) is 3.28. The molecule has 1 N–H and O–H groups in total. The smallest absolute Gasteiger partial charge is 0.270 e. The molecular weight excluding hydrogens is 302 g/mol. The lowest BCUT2D eigenvalue weighted by Gasteiger charge is -2.09. The molecule has 0 aliphatic carbocycles. The molecule has 1 unspecified atom stereocenters. The molecule has 1 aromatic carbocycles. The fourth-order valence-electron chi connectivity index (χ4n) is 1.24. The van der Waals surface area contributed by atoms with E-state index in [4.69, 9.17) is 5.26 Å². The summed E-state index contributed by atoms with van der Waals surface area (Å²) >= 11 is 3.18. The summed E-state index contributed by atoms with van der Waals surface area (Å²) in [6, 6.07) is 5.54. The number of rotatable bonds is 4. The molecule has 0 saturated heterocycles. The van der Waals surface area contributed by atoms with E-state index in [-0.39, 0.29) is 27.7 Å². The zero-order valence-electron chi connectivity index (χ0n) is 9.51. The van der Waals surface area contributed by atoms with Crippen molar-refractivity contribution in [2.75, 3.05) is 5.32 Å². The average molecular weight is 312 g/mol. The Morgan fingerprint density at radius 3 is 2.83 bits per heavy atom. The minimum Gasteiger partial charge on any atom is -0.324 e.